The van der Waals surface area contributed by atoms with Crippen LogP contribution in [0.15, 0.2) is 12.1 Å². The van der Waals surface area contributed by atoms with Gasteiger partial charge in [0.05, 0.1) is 5.41 Å². The molecule has 1 aromatic carbocycles. The van der Waals surface area contributed by atoms with E-state index in [0.717, 1.165) is 29.0 Å². The average Bonchev–Trinajstić information content (AvgIpc) is 2.38. The molecule has 0 fully saturated rings. The van der Waals surface area contributed by atoms with Crippen LogP contribution in [0, 0.1) is 5.41 Å². The molecule has 0 unspecified atom stereocenters. The number of hydrogen-bond acceptors (Lipinski definition) is 3. The van der Waals surface area contributed by atoms with E-state index in [2.05, 4.69) is 0 Å². The van der Waals surface area contributed by atoms with Gasteiger partial charge in [-0.3, -0.25) is 4.79 Å². The molecular weight excluding hydrogens is 244 g/mol. The Bertz CT molecular complexity index is 491. The van der Waals surface area contributed by atoms with Crippen LogP contribution in [-0.2, 0) is 17.6 Å². The number of rotatable bonds is 4. The lowest BCUT2D eigenvalue weighted by molar-refractivity contribution is -0.146. The molecule has 19 heavy (non-hydrogen) atoms. The normalized spacial score (nSPS) is 14.3. The smallest absolute Gasteiger partial charge is 0.309 e. The van der Waals surface area contributed by atoms with Crippen LogP contribution in [0.1, 0.15) is 31.9 Å². The van der Waals surface area contributed by atoms with E-state index in [0.29, 0.717) is 19.6 Å². The van der Waals surface area contributed by atoms with Crippen LogP contribution in [0.2, 0.25) is 0 Å². The predicted octanol–water partition coefficient (Wildman–Crippen LogP) is 2.67. The van der Waals surface area contributed by atoms with Gasteiger partial charge < -0.3 is 14.6 Å². The van der Waals surface area contributed by atoms with E-state index >= 15 is 0 Å². The summed E-state index contributed by atoms with van der Waals surface area (Å²) in [5.41, 5.74) is 1.30. The van der Waals surface area contributed by atoms with Gasteiger partial charge in [0.15, 0.2) is 11.5 Å². The monoisotopic (exact) mass is 264 g/mol. The Hall–Kier alpha value is -1.71. The van der Waals surface area contributed by atoms with Crippen molar-refractivity contribution in [3.63, 3.8) is 0 Å². The molecule has 2 rings (SSSR count). The van der Waals surface area contributed by atoms with Crippen molar-refractivity contribution < 1.29 is 19.4 Å². The molecule has 104 valence electrons. The van der Waals surface area contributed by atoms with Gasteiger partial charge in [-0.05, 0) is 38.3 Å². The third kappa shape index (κ3) is 2.67. The van der Waals surface area contributed by atoms with E-state index in [-0.39, 0.29) is 0 Å². The predicted molar refractivity (Wildman–Crippen MR) is 71.9 cm³/mol. The number of carbonyl (C=O) groups is 1. The van der Waals surface area contributed by atoms with Crippen LogP contribution in [0.4, 0.5) is 0 Å². The number of fused-ring (bicyclic) bond motifs is 1. The third-order valence-corrected chi connectivity index (χ3v) is 3.47. The summed E-state index contributed by atoms with van der Waals surface area (Å²) in [7, 11) is 0. The zero-order valence-corrected chi connectivity index (χ0v) is 11.7. The minimum absolute atomic E-state index is 0.488. The fraction of sp³-hybridized carbons (Fsp3) is 0.533. The van der Waals surface area contributed by atoms with Crippen molar-refractivity contribution in [1.29, 1.82) is 0 Å². The molecule has 0 spiro atoms. The molecule has 0 atom stereocenters. The molecule has 4 nitrogen and oxygen atoms in total. The van der Waals surface area contributed by atoms with Gasteiger partial charge in [0.25, 0.3) is 0 Å². The number of benzene rings is 1. The fourth-order valence-electron chi connectivity index (χ4n) is 2.32. The highest BCUT2D eigenvalue weighted by Gasteiger charge is 2.29. The number of ether oxygens (including phenoxy) is 2. The first kappa shape index (κ1) is 13.7. The van der Waals surface area contributed by atoms with Crippen LogP contribution in [0.3, 0.4) is 0 Å². The fourth-order valence-corrected chi connectivity index (χ4v) is 2.32. The maximum absolute atomic E-state index is 11.3. The van der Waals surface area contributed by atoms with Crippen LogP contribution in [0.25, 0.3) is 0 Å². The summed E-state index contributed by atoms with van der Waals surface area (Å²) in [5, 5.41) is 9.25. The Morgan fingerprint density at radius 1 is 1.32 bits per heavy atom. The minimum atomic E-state index is -0.788. The van der Waals surface area contributed by atoms with Gasteiger partial charge in [0, 0.05) is 5.56 Å². The van der Waals surface area contributed by atoms with Gasteiger partial charge in [-0.25, -0.2) is 0 Å². The van der Waals surface area contributed by atoms with Crippen LogP contribution in [-0.4, -0.2) is 24.3 Å². The Morgan fingerprint density at radius 2 is 2.00 bits per heavy atom. The molecular formula is C15H20O4. The van der Waals surface area contributed by atoms with Crippen molar-refractivity contribution in [1.82, 2.24) is 0 Å². The molecule has 1 aromatic rings. The molecule has 0 saturated carbocycles. The number of carboxylic acid groups (broad SMARTS) is 1. The largest absolute Gasteiger partial charge is 0.486 e. The van der Waals surface area contributed by atoms with Gasteiger partial charge in [-0.1, -0.05) is 13.0 Å². The van der Waals surface area contributed by atoms with Crippen molar-refractivity contribution in [3.8, 4) is 11.5 Å². The maximum atomic E-state index is 11.3. The Labute approximate surface area is 113 Å². The standard InChI is InChI=1S/C15H20O4/c1-4-11-10(9-15(2,3)14(16)17)5-6-12-13(11)19-8-7-18-12/h5-6H,4,7-9H2,1-3H3,(H,16,17). The van der Waals surface area contributed by atoms with Crippen LogP contribution < -0.4 is 9.47 Å². The van der Waals surface area contributed by atoms with E-state index in [9.17, 15) is 9.90 Å². The van der Waals surface area contributed by atoms with Crippen molar-refractivity contribution in [2.75, 3.05) is 13.2 Å². The van der Waals surface area contributed by atoms with E-state index in [1.165, 1.54) is 0 Å². The highest BCUT2D eigenvalue weighted by Crippen LogP contribution is 2.38. The van der Waals surface area contributed by atoms with Crippen LogP contribution >= 0.6 is 0 Å². The topological polar surface area (TPSA) is 55.8 Å². The Morgan fingerprint density at radius 3 is 2.63 bits per heavy atom. The van der Waals surface area contributed by atoms with Crippen molar-refractivity contribution >= 4 is 5.97 Å². The van der Waals surface area contributed by atoms with Gasteiger partial charge >= 0.3 is 5.97 Å². The summed E-state index contributed by atoms with van der Waals surface area (Å²) in [6.45, 7) is 6.64. The van der Waals surface area contributed by atoms with Crippen molar-refractivity contribution in [2.24, 2.45) is 5.41 Å². The zero-order valence-electron chi connectivity index (χ0n) is 11.7. The second-order valence-corrected chi connectivity index (χ2v) is 5.45. The molecule has 4 heteroatoms. The van der Waals surface area contributed by atoms with Crippen molar-refractivity contribution in [3.05, 3.63) is 23.3 Å². The second kappa shape index (κ2) is 5.11. The summed E-state index contributed by atoms with van der Waals surface area (Å²) in [5.74, 6) is 0.761. The third-order valence-electron chi connectivity index (χ3n) is 3.47. The minimum Gasteiger partial charge on any atom is -0.486 e. The summed E-state index contributed by atoms with van der Waals surface area (Å²) >= 11 is 0. The quantitative estimate of drug-likeness (QED) is 0.908. The van der Waals surface area contributed by atoms with Crippen LogP contribution in [0.5, 0.6) is 11.5 Å². The lowest BCUT2D eigenvalue weighted by atomic mass is 9.83. The number of aliphatic carboxylic acids is 1. The summed E-state index contributed by atoms with van der Waals surface area (Å²) in [6, 6.07) is 3.83. The molecule has 1 aliphatic heterocycles. The zero-order chi connectivity index (χ0) is 14.0. The first-order valence-corrected chi connectivity index (χ1v) is 6.59. The number of carboxylic acids is 1. The highest BCUT2D eigenvalue weighted by atomic mass is 16.6. The van der Waals surface area contributed by atoms with E-state index in [4.69, 9.17) is 9.47 Å². The molecule has 0 amide bonds. The lowest BCUT2D eigenvalue weighted by Crippen LogP contribution is -2.27. The highest BCUT2D eigenvalue weighted by molar-refractivity contribution is 5.74. The summed E-state index contributed by atoms with van der Waals surface area (Å²) in [4.78, 5) is 11.3. The molecule has 1 heterocycles. The van der Waals surface area contributed by atoms with Gasteiger partial charge in [-0.2, -0.15) is 0 Å². The maximum Gasteiger partial charge on any atom is 0.309 e. The summed E-state index contributed by atoms with van der Waals surface area (Å²) in [6.07, 6.45) is 1.29. The van der Waals surface area contributed by atoms with Gasteiger partial charge in [-0.15, -0.1) is 0 Å². The van der Waals surface area contributed by atoms with Gasteiger partial charge in [0.2, 0.25) is 0 Å². The first-order valence-electron chi connectivity index (χ1n) is 6.59. The van der Waals surface area contributed by atoms with E-state index in [1.807, 2.05) is 19.1 Å². The number of hydrogen-bond donors (Lipinski definition) is 1. The SMILES string of the molecule is CCc1c(CC(C)(C)C(=O)O)ccc2c1OCCO2. The molecule has 0 saturated heterocycles. The van der Waals surface area contributed by atoms with Gasteiger partial charge in [0.1, 0.15) is 13.2 Å². The molecule has 1 N–H and O–H groups in total. The molecule has 1 aliphatic rings. The first-order chi connectivity index (χ1) is 8.95. The molecule has 0 bridgehead atoms. The van der Waals surface area contributed by atoms with E-state index in [1.54, 1.807) is 13.8 Å². The lowest BCUT2D eigenvalue weighted by Gasteiger charge is -2.25. The Kier molecular flexibility index (Phi) is 3.69. The molecule has 0 radical (unpaired) electrons. The Balaban J connectivity index is 2.39. The molecule has 0 aromatic heterocycles. The van der Waals surface area contributed by atoms with Crippen molar-refractivity contribution in [2.45, 2.75) is 33.6 Å². The average molecular weight is 264 g/mol. The summed E-state index contributed by atoms with van der Waals surface area (Å²) < 4.78 is 11.2. The second-order valence-electron chi connectivity index (χ2n) is 5.45. The molecule has 0 aliphatic carbocycles. The van der Waals surface area contributed by atoms with E-state index < -0.39 is 11.4 Å².